The second kappa shape index (κ2) is 11.4. The molecule has 33 heavy (non-hydrogen) atoms. The molecule has 0 bridgehead atoms. The number of methoxy groups -OCH3 is 1. The fraction of sp³-hybridized carbons (Fsp3) is 0.409. The van der Waals surface area contributed by atoms with Crippen LogP contribution in [0.2, 0.25) is 0 Å². The molecule has 0 saturated carbocycles. The van der Waals surface area contributed by atoms with E-state index in [1.165, 1.54) is 20.2 Å². The van der Waals surface area contributed by atoms with Crippen molar-refractivity contribution in [1.29, 1.82) is 0 Å². The Bertz CT molecular complexity index is 1030. The number of aryl methyl sites for hydroxylation is 2. The van der Waals surface area contributed by atoms with Gasteiger partial charge in [0.05, 0.1) is 7.11 Å². The van der Waals surface area contributed by atoms with Gasteiger partial charge in [0.25, 0.3) is 5.56 Å². The summed E-state index contributed by atoms with van der Waals surface area (Å²) in [7, 11) is 2.62. The summed E-state index contributed by atoms with van der Waals surface area (Å²) in [6, 6.07) is 7.31. The van der Waals surface area contributed by atoms with Gasteiger partial charge in [-0.25, -0.2) is 4.79 Å². The van der Waals surface area contributed by atoms with Crippen LogP contribution in [0.15, 0.2) is 41.3 Å². The number of carbonyl (C=O) groups excluding carboxylic acids is 2. The molecule has 182 valence electrons. The molecule has 0 spiro atoms. The predicted molar refractivity (Wildman–Crippen MR) is 114 cm³/mol. The molecule has 2 aromatic rings. The number of esters is 1. The van der Waals surface area contributed by atoms with Crippen molar-refractivity contribution in [3.8, 4) is 11.5 Å². The van der Waals surface area contributed by atoms with Crippen molar-refractivity contribution in [2.24, 2.45) is 7.05 Å². The Hall–Kier alpha value is -3.50. The third-order valence-corrected chi connectivity index (χ3v) is 3.74. The molecule has 1 N–H and O–H groups in total. The molecule has 0 fully saturated rings. The predicted octanol–water partition coefficient (Wildman–Crippen LogP) is 4.19. The zero-order valence-corrected chi connectivity index (χ0v) is 19.2. The second-order valence-electron chi connectivity index (χ2n) is 7.82. The molecule has 1 aromatic heterocycles. The number of halogens is 3. The van der Waals surface area contributed by atoms with Crippen molar-refractivity contribution in [2.75, 3.05) is 13.7 Å². The molecule has 8 nitrogen and oxygen atoms in total. The highest BCUT2D eigenvalue weighted by atomic mass is 19.4. The van der Waals surface area contributed by atoms with Gasteiger partial charge in [-0.1, -0.05) is 12.1 Å². The average Bonchev–Trinajstić information content (AvgIpc) is 2.68. The number of amides is 1. The first-order chi connectivity index (χ1) is 15.1. The lowest BCUT2D eigenvalue weighted by molar-refractivity contribution is -0.140. The molecule has 1 amide bonds. The van der Waals surface area contributed by atoms with Gasteiger partial charge in [-0.05, 0) is 51.5 Å². The number of hydrogen-bond acceptors (Lipinski definition) is 6. The summed E-state index contributed by atoms with van der Waals surface area (Å²) in [5.41, 5.74) is -1.65. The second-order valence-corrected chi connectivity index (χ2v) is 7.82. The Kier molecular flexibility index (Phi) is 9.50. The van der Waals surface area contributed by atoms with Crippen LogP contribution in [0.5, 0.6) is 11.5 Å². The van der Waals surface area contributed by atoms with Crippen LogP contribution in [-0.4, -0.2) is 35.9 Å². The maximum atomic E-state index is 12.9. The van der Waals surface area contributed by atoms with Gasteiger partial charge in [-0.3, -0.25) is 9.59 Å². The number of nitrogens with zero attached hydrogens (tertiary/aromatic N) is 1. The minimum Gasteiger partial charge on any atom is -0.468 e. The van der Waals surface area contributed by atoms with Crippen molar-refractivity contribution in [3.63, 3.8) is 0 Å². The zero-order valence-electron chi connectivity index (χ0n) is 19.2. The number of benzene rings is 1. The molecule has 0 aliphatic carbocycles. The molecular weight excluding hydrogens is 445 g/mol. The maximum Gasteiger partial charge on any atom is 0.420 e. The van der Waals surface area contributed by atoms with E-state index in [2.05, 4.69) is 10.1 Å². The van der Waals surface area contributed by atoms with Gasteiger partial charge >= 0.3 is 18.2 Å². The summed E-state index contributed by atoms with van der Waals surface area (Å²) in [6.07, 6.45) is -4.21. The van der Waals surface area contributed by atoms with E-state index in [0.717, 1.165) is 22.4 Å². The van der Waals surface area contributed by atoms with E-state index < -0.39 is 40.7 Å². The Morgan fingerprint density at radius 3 is 2.27 bits per heavy atom. The van der Waals surface area contributed by atoms with Gasteiger partial charge in [0.2, 0.25) is 5.75 Å². The first-order valence-corrected chi connectivity index (χ1v) is 9.69. The third kappa shape index (κ3) is 9.67. The van der Waals surface area contributed by atoms with Gasteiger partial charge < -0.3 is 24.1 Å². The number of aromatic nitrogens is 1. The third-order valence-electron chi connectivity index (χ3n) is 3.74. The topological polar surface area (TPSA) is 95.9 Å². The molecular formula is C22H27F3N2O6. The summed E-state index contributed by atoms with van der Waals surface area (Å²) in [6.45, 7) is 6.83. The number of nitrogens with one attached hydrogen (secondary N) is 1. The molecule has 0 unspecified atom stereocenters. The van der Waals surface area contributed by atoms with E-state index in [0.29, 0.717) is 0 Å². The molecule has 1 aromatic carbocycles. The molecule has 2 rings (SSSR count). The van der Waals surface area contributed by atoms with Crippen LogP contribution in [0.3, 0.4) is 0 Å². The number of alkyl carbamates (subject to hydrolysis) is 1. The van der Waals surface area contributed by atoms with E-state index in [1.807, 2.05) is 0 Å². The van der Waals surface area contributed by atoms with Crippen LogP contribution in [0.4, 0.5) is 18.0 Å². The summed E-state index contributed by atoms with van der Waals surface area (Å²) < 4.78 is 54.2. The van der Waals surface area contributed by atoms with E-state index in [4.69, 9.17) is 9.47 Å². The van der Waals surface area contributed by atoms with Crippen LogP contribution in [0.1, 0.15) is 31.9 Å². The number of pyridine rings is 1. The highest BCUT2D eigenvalue weighted by Gasteiger charge is 2.36. The maximum absolute atomic E-state index is 12.9. The lowest BCUT2D eigenvalue weighted by Gasteiger charge is -2.19. The zero-order chi connectivity index (χ0) is 25.4. The van der Waals surface area contributed by atoms with Crippen molar-refractivity contribution >= 4 is 12.1 Å². The normalized spacial score (nSPS) is 11.1. The highest BCUT2D eigenvalue weighted by Crippen LogP contribution is 2.35. The number of carbonyl (C=O) groups is 2. The Morgan fingerprint density at radius 2 is 1.76 bits per heavy atom. The number of hydrogen-bond donors (Lipinski definition) is 1. The van der Waals surface area contributed by atoms with Crippen molar-refractivity contribution in [1.82, 2.24) is 9.88 Å². The highest BCUT2D eigenvalue weighted by molar-refractivity contribution is 5.77. The standard InChI is InChI=1S/C14H12F3NO2.C8H15NO4/c1-9-4-3-5-10(8-9)20-12-11(14(15,16)17)6-7-18(2)13(12)19;1-8(2,3)13-7(11)9-5-6(10)12-4/h3-8H,1-2H3;5H2,1-4H3,(H,9,11). The van der Waals surface area contributed by atoms with Gasteiger partial charge in [-0.2, -0.15) is 13.2 Å². The molecule has 11 heteroatoms. The van der Waals surface area contributed by atoms with E-state index in [9.17, 15) is 27.6 Å². The Labute approximate surface area is 189 Å². The fourth-order valence-corrected chi connectivity index (χ4v) is 2.25. The van der Waals surface area contributed by atoms with Crippen LogP contribution in [0, 0.1) is 6.92 Å². The van der Waals surface area contributed by atoms with E-state index in [1.54, 1.807) is 45.9 Å². The lowest BCUT2D eigenvalue weighted by atomic mass is 10.2. The largest absolute Gasteiger partial charge is 0.468 e. The fourth-order valence-electron chi connectivity index (χ4n) is 2.25. The Morgan fingerprint density at radius 1 is 1.12 bits per heavy atom. The molecule has 0 atom stereocenters. The van der Waals surface area contributed by atoms with Gasteiger partial charge in [0.15, 0.2) is 0 Å². The number of rotatable bonds is 4. The van der Waals surface area contributed by atoms with Crippen molar-refractivity contribution < 1.29 is 37.0 Å². The quantitative estimate of drug-likeness (QED) is 0.671. The van der Waals surface area contributed by atoms with Gasteiger partial charge in [-0.15, -0.1) is 0 Å². The molecule has 0 aliphatic rings. The molecule has 1 heterocycles. The van der Waals surface area contributed by atoms with E-state index in [-0.39, 0.29) is 12.3 Å². The van der Waals surface area contributed by atoms with Gasteiger partial charge in [0.1, 0.15) is 23.5 Å². The van der Waals surface area contributed by atoms with Crippen LogP contribution >= 0.6 is 0 Å². The first-order valence-electron chi connectivity index (χ1n) is 9.69. The molecule has 0 saturated heterocycles. The summed E-state index contributed by atoms with van der Waals surface area (Å²) >= 11 is 0. The average molecular weight is 472 g/mol. The molecule has 0 aliphatic heterocycles. The SMILES string of the molecule is COC(=O)CNC(=O)OC(C)(C)C.Cc1cccc(Oc2c(C(F)(F)F)ccn(C)c2=O)c1. The van der Waals surface area contributed by atoms with Crippen LogP contribution in [-0.2, 0) is 27.5 Å². The van der Waals surface area contributed by atoms with Crippen molar-refractivity contribution in [2.45, 2.75) is 39.5 Å². The Balaban J connectivity index is 0.000000366. The first kappa shape index (κ1) is 27.5. The number of alkyl halides is 3. The minimum atomic E-state index is -4.65. The lowest BCUT2D eigenvalue weighted by Crippen LogP contribution is -2.35. The monoisotopic (exact) mass is 472 g/mol. The minimum absolute atomic E-state index is 0.175. The van der Waals surface area contributed by atoms with E-state index >= 15 is 0 Å². The van der Waals surface area contributed by atoms with Crippen LogP contribution in [0.25, 0.3) is 0 Å². The summed E-state index contributed by atoms with van der Waals surface area (Å²) in [5, 5.41) is 2.25. The van der Waals surface area contributed by atoms with Crippen molar-refractivity contribution in [3.05, 3.63) is 58.0 Å². The smallest absolute Gasteiger partial charge is 0.420 e. The summed E-state index contributed by atoms with van der Waals surface area (Å²) in [4.78, 5) is 33.4. The van der Waals surface area contributed by atoms with Crippen LogP contribution < -0.4 is 15.6 Å². The molecule has 0 radical (unpaired) electrons. The summed E-state index contributed by atoms with van der Waals surface area (Å²) in [5.74, 6) is -1.03. The van der Waals surface area contributed by atoms with Gasteiger partial charge in [0, 0.05) is 13.2 Å². The number of ether oxygens (including phenoxy) is 3.